The van der Waals surface area contributed by atoms with Crippen molar-refractivity contribution in [2.45, 2.75) is 6.18 Å². The van der Waals surface area contributed by atoms with E-state index in [4.69, 9.17) is 11.6 Å². The van der Waals surface area contributed by atoms with Crippen LogP contribution in [0.25, 0.3) is 0 Å². The fourth-order valence-corrected chi connectivity index (χ4v) is 2.49. The Morgan fingerprint density at radius 2 is 1.57 bits per heavy atom. The lowest BCUT2D eigenvalue weighted by atomic mass is 10.2. The average molecular weight is 410 g/mol. The quantitative estimate of drug-likeness (QED) is 0.424. The zero-order valence-electron chi connectivity index (χ0n) is 13.9. The molecule has 0 saturated carbocycles. The first-order valence-electron chi connectivity index (χ1n) is 7.71. The molecule has 0 spiro atoms. The number of aromatic nitrogens is 2. The van der Waals surface area contributed by atoms with Gasteiger partial charge in [0, 0.05) is 5.69 Å². The van der Waals surface area contributed by atoms with Crippen LogP contribution in [0.4, 0.5) is 41.9 Å². The summed E-state index contributed by atoms with van der Waals surface area (Å²) in [4.78, 5) is 18.6. The van der Waals surface area contributed by atoms with E-state index in [1.54, 1.807) is 24.3 Å². The van der Waals surface area contributed by atoms with Gasteiger partial charge in [0.2, 0.25) is 11.6 Å². The lowest BCUT2D eigenvalue weighted by Gasteiger charge is -2.11. The van der Waals surface area contributed by atoms with E-state index >= 15 is 0 Å². The van der Waals surface area contributed by atoms with Gasteiger partial charge in [-0.2, -0.15) is 13.2 Å². The van der Waals surface area contributed by atoms with Gasteiger partial charge in [-0.3, -0.25) is 10.1 Å². The summed E-state index contributed by atoms with van der Waals surface area (Å²) in [6.07, 6.45) is -3.40. The monoisotopic (exact) mass is 409 g/mol. The van der Waals surface area contributed by atoms with E-state index < -0.39 is 22.4 Å². The van der Waals surface area contributed by atoms with Gasteiger partial charge in [-0.15, -0.1) is 0 Å². The fourth-order valence-electron chi connectivity index (χ4n) is 2.30. The van der Waals surface area contributed by atoms with Crippen LogP contribution in [-0.2, 0) is 6.18 Å². The molecule has 0 aliphatic rings. The zero-order chi connectivity index (χ0) is 20.3. The maximum absolute atomic E-state index is 12.7. The van der Waals surface area contributed by atoms with Crippen LogP contribution in [0, 0.1) is 10.1 Å². The Hall–Kier alpha value is -3.40. The number of nitrogens with zero attached hydrogens (tertiary/aromatic N) is 3. The van der Waals surface area contributed by atoms with Crippen molar-refractivity contribution in [3.8, 4) is 0 Å². The molecule has 0 unspecified atom stereocenters. The number of rotatable bonds is 5. The molecular weight excluding hydrogens is 399 g/mol. The molecule has 0 aliphatic carbocycles. The van der Waals surface area contributed by atoms with Gasteiger partial charge in [-0.25, -0.2) is 9.97 Å². The second kappa shape index (κ2) is 7.69. The predicted octanol–water partition coefficient (Wildman–Crippen LogP) is 5.54. The minimum absolute atomic E-state index is 0.123. The molecule has 0 radical (unpaired) electrons. The number of alkyl halides is 3. The van der Waals surface area contributed by atoms with Crippen LogP contribution in [-0.4, -0.2) is 14.9 Å². The Morgan fingerprint density at radius 3 is 2.14 bits per heavy atom. The predicted molar refractivity (Wildman–Crippen MR) is 98.1 cm³/mol. The van der Waals surface area contributed by atoms with Crippen LogP contribution >= 0.6 is 11.6 Å². The highest BCUT2D eigenvalue weighted by molar-refractivity contribution is 6.33. The first-order valence-corrected chi connectivity index (χ1v) is 8.08. The molecule has 0 atom stereocenters. The summed E-state index contributed by atoms with van der Waals surface area (Å²) in [6, 6.07) is 10.6. The van der Waals surface area contributed by atoms with Gasteiger partial charge >= 0.3 is 11.9 Å². The normalized spacial score (nSPS) is 11.1. The summed E-state index contributed by atoms with van der Waals surface area (Å²) >= 11 is 6.04. The number of benzene rings is 2. The largest absolute Gasteiger partial charge is 0.416 e. The smallest absolute Gasteiger partial charge is 0.334 e. The van der Waals surface area contributed by atoms with Crippen molar-refractivity contribution in [1.82, 2.24) is 9.97 Å². The van der Waals surface area contributed by atoms with Gasteiger partial charge in [0.25, 0.3) is 0 Å². The Bertz CT molecular complexity index is 1010. The lowest BCUT2D eigenvalue weighted by Crippen LogP contribution is -2.07. The molecule has 0 aliphatic heterocycles. The summed E-state index contributed by atoms with van der Waals surface area (Å²) in [7, 11) is 0. The van der Waals surface area contributed by atoms with E-state index in [-0.39, 0.29) is 17.3 Å². The molecular formula is C17H11ClF3N5O2. The maximum atomic E-state index is 12.7. The summed E-state index contributed by atoms with van der Waals surface area (Å²) in [5.74, 6) is -0.308. The number of nitrogens with one attached hydrogen (secondary N) is 2. The molecule has 3 aromatic rings. The van der Waals surface area contributed by atoms with E-state index in [1.165, 1.54) is 0 Å². The third kappa shape index (κ3) is 4.29. The fraction of sp³-hybridized carbons (Fsp3) is 0.0588. The summed E-state index contributed by atoms with van der Waals surface area (Å²) in [5.41, 5.74) is -0.733. The first kappa shape index (κ1) is 19.4. The Labute approximate surface area is 161 Å². The van der Waals surface area contributed by atoms with Crippen molar-refractivity contribution >= 4 is 40.3 Å². The highest BCUT2D eigenvalue weighted by atomic mass is 35.5. The average Bonchev–Trinajstić information content (AvgIpc) is 2.63. The van der Waals surface area contributed by atoms with Crippen LogP contribution in [0.3, 0.4) is 0 Å². The number of para-hydroxylation sites is 1. The van der Waals surface area contributed by atoms with E-state index in [0.29, 0.717) is 10.7 Å². The van der Waals surface area contributed by atoms with Crippen LogP contribution < -0.4 is 10.6 Å². The van der Waals surface area contributed by atoms with Gasteiger partial charge in [0.15, 0.2) is 0 Å². The number of nitro groups is 1. The van der Waals surface area contributed by atoms with Gasteiger partial charge in [0.05, 0.1) is 21.2 Å². The van der Waals surface area contributed by atoms with E-state index in [9.17, 15) is 23.3 Å². The Balaban J connectivity index is 1.93. The van der Waals surface area contributed by atoms with Crippen LogP contribution in [0.2, 0.25) is 5.02 Å². The number of hydrogen-bond acceptors (Lipinski definition) is 6. The van der Waals surface area contributed by atoms with E-state index in [1.807, 2.05) is 0 Å². The molecule has 7 nitrogen and oxygen atoms in total. The van der Waals surface area contributed by atoms with Crippen molar-refractivity contribution < 1.29 is 18.1 Å². The lowest BCUT2D eigenvalue weighted by molar-refractivity contribution is -0.383. The molecule has 1 aromatic heterocycles. The SMILES string of the molecule is O=[N+]([O-])c1c(Nc2ccc(C(F)(F)F)cc2)ncnc1Nc1ccccc1Cl. The minimum Gasteiger partial charge on any atom is -0.334 e. The van der Waals surface area contributed by atoms with Crippen LogP contribution in [0.15, 0.2) is 54.9 Å². The molecule has 2 aromatic carbocycles. The van der Waals surface area contributed by atoms with Crippen molar-refractivity contribution in [3.63, 3.8) is 0 Å². The number of hydrogen-bond donors (Lipinski definition) is 2. The Morgan fingerprint density at radius 1 is 0.964 bits per heavy atom. The van der Waals surface area contributed by atoms with Crippen molar-refractivity contribution in [2.75, 3.05) is 10.6 Å². The third-order valence-electron chi connectivity index (χ3n) is 3.61. The molecule has 0 fully saturated rings. The van der Waals surface area contributed by atoms with Crippen molar-refractivity contribution in [1.29, 1.82) is 0 Å². The van der Waals surface area contributed by atoms with Crippen molar-refractivity contribution in [2.24, 2.45) is 0 Å². The molecule has 11 heteroatoms. The van der Waals surface area contributed by atoms with E-state index in [0.717, 1.165) is 30.6 Å². The third-order valence-corrected chi connectivity index (χ3v) is 3.94. The van der Waals surface area contributed by atoms with Gasteiger partial charge in [0.1, 0.15) is 6.33 Å². The molecule has 2 N–H and O–H groups in total. The number of halogens is 4. The molecule has 144 valence electrons. The maximum Gasteiger partial charge on any atom is 0.416 e. The topological polar surface area (TPSA) is 93.0 Å². The zero-order valence-corrected chi connectivity index (χ0v) is 14.6. The summed E-state index contributed by atoms with van der Waals surface area (Å²) in [5, 5.41) is 17.3. The van der Waals surface area contributed by atoms with Crippen LogP contribution in [0.1, 0.15) is 5.56 Å². The van der Waals surface area contributed by atoms with Gasteiger partial charge < -0.3 is 10.6 Å². The molecule has 0 saturated heterocycles. The van der Waals surface area contributed by atoms with Crippen molar-refractivity contribution in [3.05, 3.63) is 75.6 Å². The Kier molecular flexibility index (Phi) is 5.32. The second-order valence-electron chi connectivity index (χ2n) is 5.48. The minimum atomic E-state index is -4.48. The highest BCUT2D eigenvalue weighted by Gasteiger charge is 2.30. The number of anilines is 4. The second-order valence-corrected chi connectivity index (χ2v) is 5.89. The summed E-state index contributed by atoms with van der Waals surface area (Å²) in [6.45, 7) is 0. The van der Waals surface area contributed by atoms with E-state index in [2.05, 4.69) is 20.6 Å². The highest BCUT2D eigenvalue weighted by Crippen LogP contribution is 2.35. The standard InChI is InChI=1S/C17H11ClF3N5O2/c18-12-3-1-2-4-13(12)25-16-14(26(27)28)15(22-9-23-16)24-11-7-5-10(6-8-11)17(19,20)21/h1-9H,(H2,22,23,24,25). The summed E-state index contributed by atoms with van der Waals surface area (Å²) < 4.78 is 38.0. The molecule has 28 heavy (non-hydrogen) atoms. The van der Waals surface area contributed by atoms with Gasteiger partial charge in [-0.05, 0) is 36.4 Å². The first-order chi connectivity index (χ1) is 13.3. The molecule has 1 heterocycles. The molecule has 0 amide bonds. The van der Waals surface area contributed by atoms with Crippen LogP contribution in [0.5, 0.6) is 0 Å². The molecule has 0 bridgehead atoms. The van der Waals surface area contributed by atoms with Gasteiger partial charge in [-0.1, -0.05) is 23.7 Å². The molecule has 3 rings (SSSR count).